The van der Waals surface area contributed by atoms with Crippen LogP contribution in [-0.2, 0) is 26.2 Å². The van der Waals surface area contributed by atoms with Gasteiger partial charge >= 0.3 is 0 Å². The molecule has 0 aliphatic heterocycles. The van der Waals surface area contributed by atoms with E-state index in [1.54, 1.807) is 58.0 Å². The van der Waals surface area contributed by atoms with Gasteiger partial charge in [-0.2, -0.15) is 0 Å². The number of rotatable bonds is 9. The van der Waals surface area contributed by atoms with Crippen molar-refractivity contribution in [1.82, 2.24) is 10.2 Å². The Morgan fingerprint density at radius 2 is 1.50 bits per heavy atom. The van der Waals surface area contributed by atoms with Crippen LogP contribution in [-0.4, -0.2) is 43.3 Å². The molecule has 0 aliphatic carbocycles. The quantitative estimate of drug-likeness (QED) is 0.325. The molecular weight excluding hydrogens is 576 g/mol. The predicted octanol–water partition coefficient (Wildman–Crippen LogP) is 5.97. The van der Waals surface area contributed by atoms with Gasteiger partial charge in [0.25, 0.3) is 10.0 Å². The second-order valence-corrected chi connectivity index (χ2v) is 13.1. The van der Waals surface area contributed by atoms with Crippen LogP contribution in [0.15, 0.2) is 71.6 Å². The molecule has 0 heterocycles. The number of nitrogens with zero attached hydrogens (tertiary/aromatic N) is 2. The molecule has 7 nitrogen and oxygen atoms in total. The van der Waals surface area contributed by atoms with E-state index in [0.29, 0.717) is 5.56 Å². The van der Waals surface area contributed by atoms with Crippen LogP contribution in [0.5, 0.6) is 0 Å². The number of halogens is 3. The minimum atomic E-state index is -4.27. The van der Waals surface area contributed by atoms with Crippen molar-refractivity contribution >= 4 is 50.7 Å². The van der Waals surface area contributed by atoms with E-state index in [2.05, 4.69) is 5.32 Å². The fourth-order valence-electron chi connectivity index (χ4n) is 3.88. The fraction of sp³-hybridized carbons (Fsp3) is 0.310. The average molecular weight is 609 g/mol. The first-order valence-electron chi connectivity index (χ1n) is 12.5. The predicted molar refractivity (Wildman–Crippen MR) is 156 cm³/mol. The van der Waals surface area contributed by atoms with Gasteiger partial charge in [-0.05, 0) is 83.1 Å². The van der Waals surface area contributed by atoms with Crippen molar-refractivity contribution in [3.05, 3.63) is 93.7 Å². The van der Waals surface area contributed by atoms with Crippen LogP contribution in [0.4, 0.5) is 10.1 Å². The van der Waals surface area contributed by atoms with E-state index >= 15 is 0 Å². The highest BCUT2D eigenvalue weighted by molar-refractivity contribution is 7.92. The number of hydrogen-bond acceptors (Lipinski definition) is 4. The highest BCUT2D eigenvalue weighted by Crippen LogP contribution is 2.28. The molecule has 0 spiro atoms. The van der Waals surface area contributed by atoms with Crippen LogP contribution in [0.3, 0.4) is 0 Å². The van der Waals surface area contributed by atoms with Gasteiger partial charge in [0.05, 0.1) is 10.6 Å². The van der Waals surface area contributed by atoms with Crippen LogP contribution in [0.1, 0.15) is 38.8 Å². The first kappa shape index (κ1) is 31.4. The van der Waals surface area contributed by atoms with Gasteiger partial charge in [-0.1, -0.05) is 47.0 Å². The largest absolute Gasteiger partial charge is 0.350 e. The molecule has 0 fully saturated rings. The van der Waals surface area contributed by atoms with E-state index in [1.165, 1.54) is 29.2 Å². The zero-order valence-electron chi connectivity index (χ0n) is 22.9. The molecule has 40 heavy (non-hydrogen) atoms. The van der Waals surface area contributed by atoms with Crippen molar-refractivity contribution in [3.63, 3.8) is 0 Å². The van der Waals surface area contributed by atoms with Gasteiger partial charge < -0.3 is 10.2 Å². The van der Waals surface area contributed by atoms with Gasteiger partial charge in [-0.3, -0.25) is 13.9 Å². The second kappa shape index (κ2) is 12.6. The second-order valence-electron chi connectivity index (χ2n) is 10.4. The topological polar surface area (TPSA) is 86.8 Å². The third kappa shape index (κ3) is 7.74. The third-order valence-corrected chi connectivity index (χ3v) is 8.55. The Bertz CT molecular complexity index is 1450. The summed E-state index contributed by atoms with van der Waals surface area (Å²) in [6.07, 6.45) is 0. The van der Waals surface area contributed by atoms with E-state index < -0.39 is 45.8 Å². The Kier molecular flexibility index (Phi) is 9.87. The molecule has 1 atom stereocenters. The Morgan fingerprint density at radius 3 is 2.02 bits per heavy atom. The summed E-state index contributed by atoms with van der Waals surface area (Å²) in [5.41, 5.74) is 0.754. The maximum absolute atomic E-state index is 13.9. The third-order valence-electron chi connectivity index (χ3n) is 6.06. The molecule has 3 aromatic carbocycles. The summed E-state index contributed by atoms with van der Waals surface area (Å²) >= 11 is 12.8. The lowest BCUT2D eigenvalue weighted by molar-refractivity contribution is -0.140. The molecule has 3 aromatic rings. The molecule has 214 valence electrons. The molecule has 0 aliphatic rings. The van der Waals surface area contributed by atoms with Crippen LogP contribution in [0, 0.1) is 12.7 Å². The van der Waals surface area contributed by atoms with Gasteiger partial charge in [-0.15, -0.1) is 0 Å². The highest BCUT2D eigenvalue weighted by Gasteiger charge is 2.34. The van der Waals surface area contributed by atoms with E-state index in [9.17, 15) is 22.4 Å². The molecule has 3 rings (SSSR count). The number of anilines is 1. The van der Waals surface area contributed by atoms with Crippen LogP contribution >= 0.6 is 23.2 Å². The molecule has 1 N–H and O–H groups in total. The van der Waals surface area contributed by atoms with Crippen molar-refractivity contribution < 1.29 is 22.4 Å². The molecule has 0 saturated carbocycles. The van der Waals surface area contributed by atoms with Crippen molar-refractivity contribution in [2.24, 2.45) is 0 Å². The zero-order chi connectivity index (χ0) is 29.8. The van der Waals surface area contributed by atoms with E-state index in [4.69, 9.17) is 23.2 Å². The number of amides is 2. The van der Waals surface area contributed by atoms with Gasteiger partial charge in [0.15, 0.2) is 0 Å². The zero-order valence-corrected chi connectivity index (χ0v) is 25.2. The Labute approximate surface area is 244 Å². The molecule has 0 saturated heterocycles. The summed E-state index contributed by atoms with van der Waals surface area (Å²) in [5, 5.41) is 3.43. The highest BCUT2D eigenvalue weighted by atomic mass is 35.5. The van der Waals surface area contributed by atoms with E-state index in [-0.39, 0.29) is 27.2 Å². The summed E-state index contributed by atoms with van der Waals surface area (Å²) in [5.74, 6) is -1.70. The van der Waals surface area contributed by atoms with E-state index in [1.807, 2.05) is 6.92 Å². The number of sulfonamides is 1. The standard InChI is InChI=1S/C29H32Cl2FN3O4S/c1-19-9-15-23(16-10-19)40(38,39)35(22-13-11-21(32)12-14-22)18-27(36)34(20(2)28(37)33-29(3,4)5)17-24-25(30)7-6-8-26(24)31/h6-16,20H,17-18H2,1-5H3,(H,33,37). The van der Waals surface area contributed by atoms with Crippen LogP contribution < -0.4 is 9.62 Å². The van der Waals surface area contributed by atoms with E-state index in [0.717, 1.165) is 22.0 Å². The summed E-state index contributed by atoms with van der Waals surface area (Å²) in [6, 6.07) is 14.8. The number of hydrogen-bond donors (Lipinski definition) is 1. The molecule has 0 aromatic heterocycles. The van der Waals surface area contributed by atoms with Crippen LogP contribution in [0.2, 0.25) is 10.0 Å². The monoisotopic (exact) mass is 607 g/mol. The maximum Gasteiger partial charge on any atom is 0.264 e. The first-order valence-corrected chi connectivity index (χ1v) is 14.7. The van der Waals surface area contributed by atoms with Crippen molar-refractivity contribution in [2.45, 2.75) is 57.6 Å². The van der Waals surface area contributed by atoms with Crippen molar-refractivity contribution in [1.29, 1.82) is 0 Å². The van der Waals surface area contributed by atoms with Crippen molar-refractivity contribution in [2.75, 3.05) is 10.8 Å². The minimum absolute atomic E-state index is 0.0468. The van der Waals surface area contributed by atoms with Crippen LogP contribution in [0.25, 0.3) is 0 Å². The summed E-state index contributed by atoms with van der Waals surface area (Å²) in [7, 11) is -4.27. The lowest BCUT2D eigenvalue weighted by Crippen LogP contribution is -2.54. The Morgan fingerprint density at radius 1 is 0.950 bits per heavy atom. The SMILES string of the molecule is Cc1ccc(S(=O)(=O)N(CC(=O)N(Cc2c(Cl)cccc2Cl)C(C)C(=O)NC(C)(C)C)c2ccc(F)cc2)cc1. The van der Waals surface area contributed by atoms with Gasteiger partial charge in [0.2, 0.25) is 11.8 Å². The van der Waals surface area contributed by atoms with Crippen molar-refractivity contribution in [3.8, 4) is 0 Å². The molecule has 11 heteroatoms. The number of carbonyl (C=O) groups is 2. The Hall–Kier alpha value is -3.14. The normalized spacial score (nSPS) is 12.5. The summed E-state index contributed by atoms with van der Waals surface area (Å²) in [4.78, 5) is 28.3. The summed E-state index contributed by atoms with van der Waals surface area (Å²) < 4.78 is 42.2. The smallest absolute Gasteiger partial charge is 0.264 e. The van der Waals surface area contributed by atoms with Gasteiger partial charge in [0, 0.05) is 27.7 Å². The lowest BCUT2D eigenvalue weighted by Gasteiger charge is -2.33. The van der Waals surface area contributed by atoms with Gasteiger partial charge in [0.1, 0.15) is 18.4 Å². The number of carbonyl (C=O) groups excluding carboxylic acids is 2. The maximum atomic E-state index is 13.9. The molecule has 0 bridgehead atoms. The number of benzene rings is 3. The molecule has 1 unspecified atom stereocenters. The number of nitrogens with one attached hydrogen (secondary N) is 1. The average Bonchev–Trinajstić information content (AvgIpc) is 2.86. The molecule has 2 amide bonds. The number of aryl methyl sites for hydroxylation is 1. The molecule has 0 radical (unpaired) electrons. The minimum Gasteiger partial charge on any atom is -0.350 e. The summed E-state index contributed by atoms with van der Waals surface area (Å²) in [6.45, 7) is 7.95. The van der Waals surface area contributed by atoms with Gasteiger partial charge in [-0.25, -0.2) is 12.8 Å². The fourth-order valence-corrected chi connectivity index (χ4v) is 5.82. The lowest BCUT2D eigenvalue weighted by atomic mass is 10.1. The first-order chi connectivity index (χ1) is 18.6. The molecular formula is C29H32Cl2FN3O4S. The Balaban J connectivity index is 2.07.